The number of aromatic nitrogens is 1. The topological polar surface area (TPSA) is 50.3 Å². The molecular formula is C8H5ClN2O2. The first-order valence-corrected chi connectivity index (χ1v) is 3.97. The van der Waals surface area contributed by atoms with E-state index in [4.69, 9.17) is 11.6 Å². The number of fused-ring (bicyclic) bond motifs is 1. The van der Waals surface area contributed by atoms with Crippen LogP contribution >= 0.6 is 11.6 Å². The van der Waals surface area contributed by atoms with E-state index in [1.165, 1.54) is 19.3 Å². The molecule has 66 valence electrons. The van der Waals surface area contributed by atoms with E-state index >= 15 is 0 Å². The largest absolute Gasteiger partial charge is 0.277 e. The molecule has 1 aliphatic heterocycles. The number of rotatable bonds is 0. The molecule has 4 nitrogen and oxygen atoms in total. The third kappa shape index (κ3) is 0.954. The van der Waals surface area contributed by atoms with Gasteiger partial charge in [0.15, 0.2) is 0 Å². The molecule has 1 aromatic rings. The molecule has 0 atom stereocenters. The SMILES string of the molecule is CN1C(=O)c2ccnc(Cl)c2C1=O. The third-order valence-corrected chi connectivity index (χ3v) is 2.24. The average molecular weight is 197 g/mol. The van der Waals surface area contributed by atoms with Gasteiger partial charge in [-0.2, -0.15) is 0 Å². The molecule has 0 saturated heterocycles. The Balaban J connectivity index is 2.74. The lowest BCUT2D eigenvalue weighted by Gasteiger charge is -2.02. The number of nitrogens with zero attached hydrogens (tertiary/aromatic N) is 2. The minimum Gasteiger partial charge on any atom is -0.277 e. The fraction of sp³-hybridized carbons (Fsp3) is 0.125. The zero-order chi connectivity index (χ0) is 9.59. The van der Waals surface area contributed by atoms with Crippen molar-refractivity contribution in [3.8, 4) is 0 Å². The Labute approximate surface area is 79.1 Å². The number of imide groups is 1. The molecule has 2 rings (SSSR count). The van der Waals surface area contributed by atoms with Crippen LogP contribution in [0.5, 0.6) is 0 Å². The fourth-order valence-corrected chi connectivity index (χ4v) is 1.50. The number of pyridine rings is 1. The van der Waals surface area contributed by atoms with Crippen LogP contribution in [0.2, 0.25) is 5.15 Å². The fourth-order valence-electron chi connectivity index (χ4n) is 1.26. The number of carbonyl (C=O) groups excluding carboxylic acids is 2. The number of carbonyl (C=O) groups is 2. The summed E-state index contributed by atoms with van der Waals surface area (Å²) in [7, 11) is 1.42. The van der Waals surface area contributed by atoms with E-state index < -0.39 is 5.91 Å². The van der Waals surface area contributed by atoms with Crippen molar-refractivity contribution in [2.45, 2.75) is 0 Å². The summed E-state index contributed by atoms with van der Waals surface area (Å²) in [6, 6.07) is 1.49. The normalized spacial score (nSPS) is 15.1. The van der Waals surface area contributed by atoms with Gasteiger partial charge in [0, 0.05) is 13.2 Å². The third-order valence-electron chi connectivity index (χ3n) is 1.96. The van der Waals surface area contributed by atoms with Crippen LogP contribution in [-0.4, -0.2) is 28.7 Å². The Kier molecular flexibility index (Phi) is 1.60. The summed E-state index contributed by atoms with van der Waals surface area (Å²) >= 11 is 5.68. The highest BCUT2D eigenvalue weighted by Crippen LogP contribution is 2.25. The van der Waals surface area contributed by atoms with Crippen molar-refractivity contribution in [3.63, 3.8) is 0 Å². The van der Waals surface area contributed by atoms with Gasteiger partial charge in [0.05, 0.1) is 11.1 Å². The van der Waals surface area contributed by atoms with Gasteiger partial charge >= 0.3 is 0 Å². The number of amides is 2. The lowest BCUT2D eigenvalue weighted by atomic mass is 10.2. The molecule has 0 spiro atoms. The molecule has 0 bridgehead atoms. The monoisotopic (exact) mass is 196 g/mol. The second-order valence-corrected chi connectivity index (χ2v) is 3.05. The zero-order valence-corrected chi connectivity index (χ0v) is 7.50. The van der Waals surface area contributed by atoms with E-state index in [1.54, 1.807) is 0 Å². The smallest absolute Gasteiger partial charge is 0.264 e. The molecule has 13 heavy (non-hydrogen) atoms. The van der Waals surface area contributed by atoms with Crippen molar-refractivity contribution < 1.29 is 9.59 Å². The Morgan fingerprint density at radius 3 is 2.69 bits per heavy atom. The van der Waals surface area contributed by atoms with Crippen molar-refractivity contribution in [1.82, 2.24) is 9.88 Å². The van der Waals surface area contributed by atoms with Crippen molar-refractivity contribution in [2.24, 2.45) is 0 Å². The van der Waals surface area contributed by atoms with E-state index in [0.717, 1.165) is 4.90 Å². The quantitative estimate of drug-likeness (QED) is 0.459. The second kappa shape index (κ2) is 2.53. The van der Waals surface area contributed by atoms with Gasteiger partial charge in [0.2, 0.25) is 0 Å². The zero-order valence-electron chi connectivity index (χ0n) is 6.74. The molecule has 2 heterocycles. The first kappa shape index (κ1) is 8.19. The Morgan fingerprint density at radius 1 is 1.38 bits per heavy atom. The van der Waals surface area contributed by atoms with Gasteiger partial charge < -0.3 is 0 Å². The summed E-state index contributed by atoms with van der Waals surface area (Å²) in [5, 5.41) is 0.0835. The first-order chi connectivity index (χ1) is 6.13. The molecule has 5 heteroatoms. The summed E-state index contributed by atoms with van der Waals surface area (Å²) < 4.78 is 0. The molecule has 1 aromatic heterocycles. The Morgan fingerprint density at radius 2 is 2.08 bits per heavy atom. The van der Waals surface area contributed by atoms with Crippen LogP contribution in [0.3, 0.4) is 0 Å². The van der Waals surface area contributed by atoms with Gasteiger partial charge in [-0.15, -0.1) is 0 Å². The summed E-state index contributed by atoms with van der Waals surface area (Å²) in [6.45, 7) is 0. The number of halogens is 1. The molecule has 0 fully saturated rings. The molecule has 1 aliphatic rings. The number of hydrogen-bond donors (Lipinski definition) is 0. The van der Waals surface area contributed by atoms with Crippen LogP contribution in [0.15, 0.2) is 12.3 Å². The van der Waals surface area contributed by atoms with Crippen LogP contribution < -0.4 is 0 Å². The maximum Gasteiger partial charge on any atom is 0.264 e. The van der Waals surface area contributed by atoms with Crippen LogP contribution in [0.1, 0.15) is 20.7 Å². The first-order valence-electron chi connectivity index (χ1n) is 3.60. The Hall–Kier alpha value is -1.42. The predicted molar refractivity (Wildman–Crippen MR) is 45.7 cm³/mol. The van der Waals surface area contributed by atoms with Crippen molar-refractivity contribution >= 4 is 23.4 Å². The second-order valence-electron chi connectivity index (χ2n) is 2.69. The molecule has 0 radical (unpaired) electrons. The maximum absolute atomic E-state index is 11.4. The van der Waals surface area contributed by atoms with Gasteiger partial charge in [-0.1, -0.05) is 11.6 Å². The summed E-state index contributed by atoms with van der Waals surface area (Å²) in [5.74, 6) is -0.720. The lowest BCUT2D eigenvalue weighted by molar-refractivity contribution is 0.0693. The van der Waals surface area contributed by atoms with E-state index in [9.17, 15) is 9.59 Å². The predicted octanol–water partition coefficient (Wildman–Crippen LogP) is 0.961. The van der Waals surface area contributed by atoms with Gasteiger partial charge in [0.1, 0.15) is 5.15 Å². The molecule has 2 amide bonds. The van der Waals surface area contributed by atoms with Crippen molar-refractivity contribution in [3.05, 3.63) is 28.5 Å². The van der Waals surface area contributed by atoms with Gasteiger partial charge in [-0.05, 0) is 6.07 Å². The molecule has 0 unspecified atom stereocenters. The summed E-state index contributed by atoms with van der Waals surface area (Å²) in [4.78, 5) is 27.5. The van der Waals surface area contributed by atoms with Crippen LogP contribution in [0.25, 0.3) is 0 Å². The average Bonchev–Trinajstić information content (AvgIpc) is 2.33. The van der Waals surface area contributed by atoms with Gasteiger partial charge in [-0.3, -0.25) is 14.5 Å². The van der Waals surface area contributed by atoms with E-state index in [0.29, 0.717) is 5.56 Å². The highest BCUT2D eigenvalue weighted by atomic mass is 35.5. The standard InChI is InChI=1S/C8H5ClN2O2/c1-11-7(12)4-2-3-10-6(9)5(4)8(11)13/h2-3H,1H3. The van der Waals surface area contributed by atoms with E-state index in [-0.39, 0.29) is 16.6 Å². The van der Waals surface area contributed by atoms with Crippen molar-refractivity contribution in [2.75, 3.05) is 7.05 Å². The lowest BCUT2D eigenvalue weighted by Crippen LogP contribution is -2.24. The summed E-state index contributed by atoms with van der Waals surface area (Å²) in [5.41, 5.74) is 0.532. The molecule has 0 N–H and O–H groups in total. The number of hydrogen-bond acceptors (Lipinski definition) is 3. The highest BCUT2D eigenvalue weighted by molar-refractivity contribution is 6.36. The molecule has 0 aromatic carbocycles. The highest BCUT2D eigenvalue weighted by Gasteiger charge is 2.34. The summed E-state index contributed by atoms with van der Waals surface area (Å²) in [6.07, 6.45) is 1.41. The minimum atomic E-state index is -0.391. The molecule has 0 saturated carbocycles. The van der Waals surface area contributed by atoms with Crippen LogP contribution in [0, 0.1) is 0 Å². The Bertz CT molecular complexity index is 417. The van der Waals surface area contributed by atoms with Crippen LogP contribution in [-0.2, 0) is 0 Å². The van der Waals surface area contributed by atoms with E-state index in [2.05, 4.69) is 4.98 Å². The maximum atomic E-state index is 11.4. The van der Waals surface area contributed by atoms with Crippen molar-refractivity contribution in [1.29, 1.82) is 0 Å². The minimum absolute atomic E-state index is 0.0835. The van der Waals surface area contributed by atoms with Crippen LogP contribution in [0.4, 0.5) is 0 Å². The van der Waals surface area contributed by atoms with Gasteiger partial charge in [-0.25, -0.2) is 4.98 Å². The molecular weight excluding hydrogens is 192 g/mol. The van der Waals surface area contributed by atoms with E-state index in [1.807, 2.05) is 0 Å². The molecule has 0 aliphatic carbocycles. The van der Waals surface area contributed by atoms with Gasteiger partial charge in [0.25, 0.3) is 11.8 Å².